The highest BCUT2D eigenvalue weighted by Crippen LogP contribution is 2.14. The molecule has 2 N–H and O–H groups in total. The summed E-state index contributed by atoms with van der Waals surface area (Å²) >= 11 is 0. The second kappa shape index (κ2) is 6.35. The minimum atomic E-state index is 0.300. The molecule has 0 aromatic rings. The third-order valence-electron chi connectivity index (χ3n) is 2.70. The van der Waals surface area contributed by atoms with Crippen LogP contribution in [0.15, 0.2) is 0 Å². The number of rotatable bonds is 5. The van der Waals surface area contributed by atoms with E-state index < -0.39 is 0 Å². The lowest BCUT2D eigenvalue weighted by Crippen LogP contribution is -2.40. The van der Waals surface area contributed by atoms with Gasteiger partial charge in [-0.15, -0.1) is 0 Å². The maximum atomic E-state index is 8.82. The summed E-state index contributed by atoms with van der Waals surface area (Å²) in [6.45, 7) is 7.83. The van der Waals surface area contributed by atoms with Gasteiger partial charge in [-0.05, 0) is 38.4 Å². The summed E-state index contributed by atoms with van der Waals surface area (Å²) in [6.07, 6.45) is 2.63. The van der Waals surface area contributed by atoms with Crippen LogP contribution in [0.25, 0.3) is 0 Å². The largest absolute Gasteiger partial charge is 0.395 e. The average Bonchev–Trinajstić information content (AvgIpc) is 2.16. The molecule has 1 unspecified atom stereocenters. The van der Waals surface area contributed by atoms with E-state index in [-0.39, 0.29) is 0 Å². The highest BCUT2D eigenvalue weighted by atomic mass is 16.3. The lowest BCUT2D eigenvalue weighted by molar-refractivity contribution is 0.139. The van der Waals surface area contributed by atoms with Gasteiger partial charge < -0.3 is 15.3 Å². The van der Waals surface area contributed by atoms with Crippen LogP contribution in [0, 0.1) is 5.92 Å². The van der Waals surface area contributed by atoms with Crippen molar-refractivity contribution >= 4 is 0 Å². The summed E-state index contributed by atoms with van der Waals surface area (Å²) in [6, 6.07) is 0. The average molecular weight is 186 g/mol. The normalized spacial score (nSPS) is 24.9. The van der Waals surface area contributed by atoms with Crippen molar-refractivity contribution in [2.45, 2.75) is 19.8 Å². The summed E-state index contributed by atoms with van der Waals surface area (Å²) < 4.78 is 0. The fourth-order valence-corrected chi connectivity index (χ4v) is 2.01. The van der Waals surface area contributed by atoms with Crippen LogP contribution in [0.5, 0.6) is 0 Å². The quantitative estimate of drug-likeness (QED) is 0.648. The molecular weight excluding hydrogens is 164 g/mol. The molecule has 1 atom stereocenters. The highest BCUT2D eigenvalue weighted by Gasteiger charge is 2.18. The van der Waals surface area contributed by atoms with Gasteiger partial charge in [0.25, 0.3) is 0 Å². The van der Waals surface area contributed by atoms with Crippen molar-refractivity contribution in [3.63, 3.8) is 0 Å². The smallest absolute Gasteiger partial charge is 0.0558 e. The van der Waals surface area contributed by atoms with Crippen molar-refractivity contribution in [1.29, 1.82) is 0 Å². The Morgan fingerprint density at radius 1 is 1.54 bits per heavy atom. The molecule has 3 heteroatoms. The van der Waals surface area contributed by atoms with Gasteiger partial charge in [-0.1, -0.05) is 6.92 Å². The van der Waals surface area contributed by atoms with Gasteiger partial charge in [0.15, 0.2) is 0 Å². The van der Waals surface area contributed by atoms with E-state index in [2.05, 4.69) is 17.1 Å². The zero-order chi connectivity index (χ0) is 9.52. The first-order chi connectivity index (χ1) is 6.36. The van der Waals surface area contributed by atoms with Gasteiger partial charge in [0.05, 0.1) is 6.61 Å². The summed E-state index contributed by atoms with van der Waals surface area (Å²) in [4.78, 5) is 2.37. The van der Waals surface area contributed by atoms with Gasteiger partial charge in [-0.25, -0.2) is 0 Å². The second-order valence-electron chi connectivity index (χ2n) is 3.84. The molecule has 0 saturated carbocycles. The van der Waals surface area contributed by atoms with Crippen molar-refractivity contribution in [3.8, 4) is 0 Å². The SMILES string of the molecule is CCNCC1CCCN(CCO)C1. The van der Waals surface area contributed by atoms with Gasteiger partial charge >= 0.3 is 0 Å². The first-order valence-electron chi connectivity index (χ1n) is 5.40. The fourth-order valence-electron chi connectivity index (χ4n) is 2.01. The molecular formula is C10H22N2O. The van der Waals surface area contributed by atoms with Crippen LogP contribution in [0.1, 0.15) is 19.8 Å². The molecule has 0 bridgehead atoms. The minimum Gasteiger partial charge on any atom is -0.395 e. The van der Waals surface area contributed by atoms with Crippen LogP contribution in [0.3, 0.4) is 0 Å². The first kappa shape index (κ1) is 11.0. The molecule has 0 aromatic heterocycles. The van der Waals surface area contributed by atoms with Crippen molar-refractivity contribution in [2.75, 3.05) is 39.3 Å². The van der Waals surface area contributed by atoms with Crippen LogP contribution < -0.4 is 5.32 Å². The van der Waals surface area contributed by atoms with Crippen molar-refractivity contribution in [3.05, 3.63) is 0 Å². The summed E-state index contributed by atoms with van der Waals surface area (Å²) in [5, 5.41) is 12.2. The molecule has 0 aliphatic carbocycles. The maximum absolute atomic E-state index is 8.82. The van der Waals surface area contributed by atoms with Gasteiger partial charge in [0.2, 0.25) is 0 Å². The Kier molecular flexibility index (Phi) is 5.35. The number of hydrogen-bond acceptors (Lipinski definition) is 3. The van der Waals surface area contributed by atoms with Crippen molar-refractivity contribution < 1.29 is 5.11 Å². The molecule has 0 radical (unpaired) electrons. The Labute approximate surface area is 81.1 Å². The molecule has 0 amide bonds. The first-order valence-corrected chi connectivity index (χ1v) is 5.40. The zero-order valence-electron chi connectivity index (χ0n) is 8.63. The Morgan fingerprint density at radius 2 is 2.38 bits per heavy atom. The van der Waals surface area contributed by atoms with Crippen LogP contribution >= 0.6 is 0 Å². The second-order valence-corrected chi connectivity index (χ2v) is 3.84. The topological polar surface area (TPSA) is 35.5 Å². The molecule has 78 valence electrons. The van der Waals surface area contributed by atoms with E-state index in [1.807, 2.05) is 0 Å². The third kappa shape index (κ3) is 4.07. The minimum absolute atomic E-state index is 0.300. The molecule has 1 saturated heterocycles. The molecule has 1 rings (SSSR count). The van der Waals surface area contributed by atoms with Crippen molar-refractivity contribution in [2.24, 2.45) is 5.92 Å². The van der Waals surface area contributed by atoms with E-state index >= 15 is 0 Å². The number of nitrogens with one attached hydrogen (secondary N) is 1. The molecule has 0 aromatic carbocycles. The number of aliphatic hydroxyl groups excluding tert-OH is 1. The molecule has 0 spiro atoms. The molecule has 1 aliphatic rings. The number of hydrogen-bond donors (Lipinski definition) is 2. The lowest BCUT2D eigenvalue weighted by Gasteiger charge is -2.32. The Hall–Kier alpha value is -0.120. The predicted octanol–water partition coefficient (Wildman–Crippen LogP) is 0.300. The van der Waals surface area contributed by atoms with Gasteiger partial charge in [-0.3, -0.25) is 0 Å². The van der Waals surface area contributed by atoms with Crippen LogP contribution in [-0.2, 0) is 0 Å². The summed E-state index contributed by atoms with van der Waals surface area (Å²) in [5.74, 6) is 0.792. The van der Waals surface area contributed by atoms with Gasteiger partial charge in [0.1, 0.15) is 0 Å². The molecule has 1 heterocycles. The molecule has 13 heavy (non-hydrogen) atoms. The van der Waals surface area contributed by atoms with E-state index in [0.29, 0.717) is 6.61 Å². The van der Waals surface area contributed by atoms with E-state index in [1.54, 1.807) is 0 Å². The summed E-state index contributed by atoms with van der Waals surface area (Å²) in [5.41, 5.74) is 0. The lowest BCUT2D eigenvalue weighted by atomic mass is 9.98. The molecule has 3 nitrogen and oxygen atoms in total. The maximum Gasteiger partial charge on any atom is 0.0558 e. The van der Waals surface area contributed by atoms with E-state index in [9.17, 15) is 0 Å². The Bertz CT molecular complexity index is 128. The predicted molar refractivity (Wildman–Crippen MR) is 54.8 cm³/mol. The van der Waals surface area contributed by atoms with E-state index in [4.69, 9.17) is 5.11 Å². The van der Waals surface area contributed by atoms with E-state index in [1.165, 1.54) is 19.4 Å². The number of β-amino-alcohol motifs (C(OH)–C–C–N with tert-alkyl or cyclic N) is 1. The zero-order valence-corrected chi connectivity index (χ0v) is 8.63. The number of likely N-dealkylation sites (tertiary alicyclic amines) is 1. The van der Waals surface area contributed by atoms with Crippen LogP contribution in [0.2, 0.25) is 0 Å². The number of aliphatic hydroxyl groups is 1. The van der Waals surface area contributed by atoms with Crippen molar-refractivity contribution in [1.82, 2.24) is 10.2 Å². The third-order valence-corrected chi connectivity index (χ3v) is 2.70. The fraction of sp³-hybridized carbons (Fsp3) is 1.00. The van der Waals surface area contributed by atoms with E-state index in [0.717, 1.165) is 32.1 Å². The van der Waals surface area contributed by atoms with Gasteiger partial charge in [-0.2, -0.15) is 0 Å². The molecule has 1 aliphatic heterocycles. The molecule has 1 fully saturated rings. The Morgan fingerprint density at radius 3 is 3.08 bits per heavy atom. The monoisotopic (exact) mass is 186 g/mol. The van der Waals surface area contributed by atoms with Crippen LogP contribution in [-0.4, -0.2) is 49.3 Å². The highest BCUT2D eigenvalue weighted by molar-refractivity contribution is 4.74. The standard InChI is InChI=1S/C10H22N2O/c1-2-11-8-10-4-3-5-12(9-10)6-7-13/h10-11,13H,2-9H2,1H3. The number of nitrogens with zero attached hydrogens (tertiary/aromatic N) is 1. The summed E-state index contributed by atoms with van der Waals surface area (Å²) in [7, 11) is 0. The van der Waals surface area contributed by atoms with Crippen LogP contribution in [0.4, 0.5) is 0 Å². The van der Waals surface area contributed by atoms with Gasteiger partial charge in [0, 0.05) is 13.1 Å². The Balaban J connectivity index is 2.16. The number of piperidine rings is 1.